The molecule has 1 aromatic rings. The molecule has 6 nitrogen and oxygen atoms in total. The molecule has 2 atom stereocenters. The van der Waals surface area contributed by atoms with Gasteiger partial charge in [0.1, 0.15) is 6.61 Å². The Morgan fingerprint density at radius 2 is 2.24 bits per heavy atom. The van der Waals surface area contributed by atoms with Crippen LogP contribution >= 0.6 is 35.7 Å². The third kappa shape index (κ3) is 7.57. The molecule has 1 aliphatic rings. The van der Waals surface area contributed by atoms with E-state index in [9.17, 15) is 0 Å². The van der Waals surface area contributed by atoms with Gasteiger partial charge < -0.3 is 20.1 Å². The van der Waals surface area contributed by atoms with Crippen LogP contribution < -0.4 is 15.4 Å². The Hall–Kier alpha value is -0.740. The Morgan fingerprint density at radius 3 is 2.92 bits per heavy atom. The van der Waals surface area contributed by atoms with Crippen molar-refractivity contribution in [2.45, 2.75) is 37.1 Å². The molecule has 1 aromatic heterocycles. The largest absolute Gasteiger partial charge is 0.475 e. The molecular formula is C17H29IN4O2S. The summed E-state index contributed by atoms with van der Waals surface area (Å²) in [4.78, 5) is 8.63. The van der Waals surface area contributed by atoms with Gasteiger partial charge in [0.25, 0.3) is 0 Å². The normalized spacial score (nSPS) is 20.0. The van der Waals surface area contributed by atoms with E-state index < -0.39 is 0 Å². The molecule has 2 unspecified atom stereocenters. The number of guanidine groups is 1. The van der Waals surface area contributed by atoms with E-state index >= 15 is 0 Å². The van der Waals surface area contributed by atoms with Gasteiger partial charge in [-0.2, -0.15) is 11.8 Å². The fraction of sp³-hybridized carbons (Fsp3) is 0.647. The number of halogens is 1. The van der Waals surface area contributed by atoms with Gasteiger partial charge in [0.2, 0.25) is 5.88 Å². The van der Waals surface area contributed by atoms with Crippen molar-refractivity contribution in [1.82, 2.24) is 15.6 Å². The summed E-state index contributed by atoms with van der Waals surface area (Å²) in [6, 6.07) is 4.42. The van der Waals surface area contributed by atoms with Crippen molar-refractivity contribution in [3.8, 4) is 5.88 Å². The monoisotopic (exact) mass is 480 g/mol. The van der Waals surface area contributed by atoms with E-state index in [1.54, 1.807) is 20.4 Å². The van der Waals surface area contributed by atoms with Crippen LogP contribution in [0.4, 0.5) is 0 Å². The molecule has 25 heavy (non-hydrogen) atoms. The fourth-order valence-electron chi connectivity index (χ4n) is 2.76. The Labute approximate surface area is 172 Å². The lowest BCUT2D eigenvalue weighted by molar-refractivity contribution is 0.143. The number of hydrogen-bond acceptors (Lipinski definition) is 5. The molecule has 0 bridgehead atoms. The van der Waals surface area contributed by atoms with Gasteiger partial charge in [-0.15, -0.1) is 24.0 Å². The van der Waals surface area contributed by atoms with Crippen LogP contribution in [0.2, 0.25) is 0 Å². The lowest BCUT2D eigenvalue weighted by Gasteiger charge is -2.18. The number of hydrogen-bond donors (Lipinski definition) is 2. The molecule has 2 N–H and O–H groups in total. The molecule has 0 aliphatic heterocycles. The number of nitrogens with zero attached hydrogens (tertiary/aromatic N) is 2. The molecule has 1 fully saturated rings. The van der Waals surface area contributed by atoms with Crippen molar-refractivity contribution in [2.75, 3.05) is 33.6 Å². The summed E-state index contributed by atoms with van der Waals surface area (Å²) in [5.41, 5.74) is 1.00. The van der Waals surface area contributed by atoms with E-state index in [-0.39, 0.29) is 24.0 Å². The average Bonchev–Trinajstić information content (AvgIpc) is 3.07. The second-order valence-corrected chi connectivity index (χ2v) is 6.88. The molecule has 1 aliphatic carbocycles. The van der Waals surface area contributed by atoms with Gasteiger partial charge >= 0.3 is 0 Å². The Balaban J connectivity index is 0.00000312. The summed E-state index contributed by atoms with van der Waals surface area (Å²) in [5.74, 6) is 1.47. The summed E-state index contributed by atoms with van der Waals surface area (Å²) in [6.07, 6.45) is 7.59. The third-order valence-electron chi connectivity index (χ3n) is 4.10. The quantitative estimate of drug-likeness (QED) is 0.258. The molecule has 0 amide bonds. The molecule has 1 heterocycles. The van der Waals surface area contributed by atoms with E-state index in [2.05, 4.69) is 26.9 Å². The van der Waals surface area contributed by atoms with E-state index in [0.29, 0.717) is 31.7 Å². The highest BCUT2D eigenvalue weighted by Crippen LogP contribution is 2.28. The first-order valence-electron chi connectivity index (χ1n) is 8.32. The van der Waals surface area contributed by atoms with Crippen molar-refractivity contribution in [2.24, 2.45) is 4.99 Å². The lowest BCUT2D eigenvalue weighted by atomic mass is 10.2. The number of methoxy groups -OCH3 is 1. The van der Waals surface area contributed by atoms with E-state index in [4.69, 9.17) is 9.47 Å². The highest BCUT2D eigenvalue weighted by Gasteiger charge is 2.24. The summed E-state index contributed by atoms with van der Waals surface area (Å²) < 4.78 is 10.7. The molecule has 2 rings (SSSR count). The van der Waals surface area contributed by atoms with Gasteiger partial charge in [-0.1, -0.05) is 6.07 Å². The lowest BCUT2D eigenvalue weighted by Crippen LogP contribution is -2.42. The maximum absolute atomic E-state index is 5.67. The zero-order valence-corrected chi connectivity index (χ0v) is 18.3. The highest BCUT2D eigenvalue weighted by molar-refractivity contribution is 14.0. The van der Waals surface area contributed by atoms with E-state index in [1.165, 1.54) is 19.3 Å². The zero-order valence-electron chi connectivity index (χ0n) is 15.2. The summed E-state index contributed by atoms with van der Waals surface area (Å²) in [5, 5.41) is 7.64. The van der Waals surface area contributed by atoms with Gasteiger partial charge in [0.05, 0.1) is 6.61 Å². The van der Waals surface area contributed by atoms with Crippen LogP contribution in [-0.4, -0.2) is 55.9 Å². The summed E-state index contributed by atoms with van der Waals surface area (Å²) >= 11 is 1.96. The zero-order chi connectivity index (χ0) is 17.2. The Bertz CT molecular complexity index is 533. The number of thioether (sulfide) groups is 1. The van der Waals surface area contributed by atoms with Gasteiger partial charge in [0, 0.05) is 43.8 Å². The SMILES string of the molecule is CN=C(NCc1cccnc1OCCOC)NC1CCC(SC)C1.I. The standard InChI is InChI=1S/C17H28N4O2S.HI/c1-18-17(21-14-6-7-15(11-14)24-3)20-12-13-5-4-8-19-16(13)23-10-9-22-2;/h4-5,8,14-15H,6-7,9-12H2,1-3H3,(H2,18,20,21);1H. The first-order chi connectivity index (χ1) is 11.8. The van der Waals surface area contributed by atoms with Crippen LogP contribution in [0.15, 0.2) is 23.3 Å². The molecule has 1 saturated carbocycles. The van der Waals surface area contributed by atoms with E-state index in [1.807, 2.05) is 23.9 Å². The van der Waals surface area contributed by atoms with Crippen LogP contribution in [0.3, 0.4) is 0 Å². The minimum atomic E-state index is 0. The summed E-state index contributed by atoms with van der Waals surface area (Å²) in [7, 11) is 3.46. The minimum absolute atomic E-state index is 0. The van der Waals surface area contributed by atoms with E-state index in [0.717, 1.165) is 16.8 Å². The van der Waals surface area contributed by atoms with Crippen molar-refractivity contribution in [3.05, 3.63) is 23.9 Å². The topological polar surface area (TPSA) is 67.8 Å². The van der Waals surface area contributed by atoms with Crippen LogP contribution in [0.1, 0.15) is 24.8 Å². The second-order valence-electron chi connectivity index (χ2n) is 5.75. The van der Waals surface area contributed by atoms with Crippen molar-refractivity contribution in [1.29, 1.82) is 0 Å². The number of pyridine rings is 1. The molecule has 0 aromatic carbocycles. The minimum Gasteiger partial charge on any atom is -0.475 e. The fourth-order valence-corrected chi connectivity index (χ4v) is 3.56. The van der Waals surface area contributed by atoms with Gasteiger partial charge in [0.15, 0.2) is 5.96 Å². The predicted molar refractivity (Wildman–Crippen MR) is 115 cm³/mol. The second kappa shape index (κ2) is 12.6. The predicted octanol–water partition coefficient (Wildman–Crippen LogP) is 2.67. The van der Waals surface area contributed by atoms with Crippen LogP contribution in [0.5, 0.6) is 5.88 Å². The Morgan fingerprint density at radius 1 is 1.40 bits per heavy atom. The molecule has 142 valence electrons. The van der Waals surface area contributed by atoms with Gasteiger partial charge in [-0.05, 0) is 31.6 Å². The maximum Gasteiger partial charge on any atom is 0.218 e. The highest BCUT2D eigenvalue weighted by atomic mass is 127. The van der Waals surface area contributed by atoms with Gasteiger partial charge in [-0.25, -0.2) is 4.98 Å². The van der Waals surface area contributed by atoms with Crippen molar-refractivity contribution in [3.63, 3.8) is 0 Å². The molecule has 0 spiro atoms. The molecule has 0 saturated heterocycles. The number of ether oxygens (including phenoxy) is 2. The number of aliphatic imine (C=N–C) groups is 1. The number of aromatic nitrogens is 1. The number of nitrogens with one attached hydrogen (secondary N) is 2. The molecule has 8 heteroatoms. The summed E-state index contributed by atoms with van der Waals surface area (Å²) in [6.45, 7) is 1.66. The first kappa shape index (κ1) is 22.3. The molecule has 0 radical (unpaired) electrons. The maximum atomic E-state index is 5.67. The van der Waals surface area contributed by atoms with Crippen LogP contribution in [0.25, 0.3) is 0 Å². The van der Waals surface area contributed by atoms with Crippen LogP contribution in [0, 0.1) is 0 Å². The molecular weight excluding hydrogens is 451 g/mol. The van der Waals surface area contributed by atoms with Crippen molar-refractivity contribution < 1.29 is 9.47 Å². The van der Waals surface area contributed by atoms with Crippen molar-refractivity contribution >= 4 is 41.7 Å². The first-order valence-corrected chi connectivity index (χ1v) is 9.61. The number of rotatable bonds is 8. The average molecular weight is 480 g/mol. The van der Waals surface area contributed by atoms with Crippen LogP contribution in [-0.2, 0) is 11.3 Å². The third-order valence-corrected chi connectivity index (χ3v) is 5.20. The Kier molecular flexibility index (Phi) is 11.2. The smallest absolute Gasteiger partial charge is 0.218 e. The van der Waals surface area contributed by atoms with Gasteiger partial charge in [-0.3, -0.25) is 4.99 Å².